The van der Waals surface area contributed by atoms with Gasteiger partial charge in [-0.25, -0.2) is 0 Å². The molecule has 21 nitrogen and oxygen atoms in total. The first-order valence-corrected chi connectivity index (χ1v) is 28.8. The highest BCUT2D eigenvalue weighted by Gasteiger charge is 2.45. The third-order valence-electron chi connectivity index (χ3n) is 13.9. The summed E-state index contributed by atoms with van der Waals surface area (Å²) in [5.74, 6) is -5.40. The van der Waals surface area contributed by atoms with E-state index in [-0.39, 0.29) is 43.9 Å². The van der Waals surface area contributed by atoms with Crippen molar-refractivity contribution < 1.29 is 43.5 Å². The summed E-state index contributed by atoms with van der Waals surface area (Å²) in [6, 6.07) is 8.67. The number of thioether (sulfide) groups is 1. The van der Waals surface area contributed by atoms with Crippen LogP contribution in [0.4, 0.5) is 0 Å². The molecule has 3 aliphatic heterocycles. The number of nitrogens with two attached hydrogens (primary N) is 1. The second kappa shape index (κ2) is 24.6. The van der Waals surface area contributed by atoms with Crippen LogP contribution in [0.5, 0.6) is 0 Å². The van der Waals surface area contributed by atoms with Crippen molar-refractivity contribution in [3.63, 3.8) is 0 Å². The normalized spacial score (nSPS) is 22.8. The molecule has 9 N–H and O–H groups in total. The van der Waals surface area contributed by atoms with E-state index in [9.17, 15) is 43.5 Å². The van der Waals surface area contributed by atoms with E-state index in [4.69, 9.17) is 22.3 Å². The molecule has 5 aromatic rings. The Balaban J connectivity index is 1.05. The molecule has 418 valence electrons. The van der Waals surface area contributed by atoms with Gasteiger partial charge in [0.05, 0.1) is 30.5 Å². The number of benzene rings is 2. The van der Waals surface area contributed by atoms with Gasteiger partial charge in [-0.3, -0.25) is 47.9 Å². The summed E-state index contributed by atoms with van der Waals surface area (Å²) in [6.45, 7) is 11.9. The number of amides is 8. The lowest BCUT2D eigenvalue weighted by Crippen LogP contribution is -2.58. The average molecular weight is 1160 g/mol. The highest BCUT2D eigenvalue weighted by Crippen LogP contribution is 2.40. The predicted octanol–water partition coefficient (Wildman–Crippen LogP) is 3.40. The van der Waals surface area contributed by atoms with Crippen LogP contribution in [0.2, 0.25) is 5.02 Å². The van der Waals surface area contributed by atoms with Gasteiger partial charge in [0.15, 0.2) is 5.82 Å². The van der Waals surface area contributed by atoms with Crippen LogP contribution in [0, 0.1) is 33.1 Å². The van der Waals surface area contributed by atoms with E-state index < -0.39 is 102 Å². The zero-order valence-electron chi connectivity index (χ0n) is 44.6. The number of aliphatic hydroxyl groups is 1. The van der Waals surface area contributed by atoms with E-state index in [0.29, 0.717) is 27.9 Å². The molecule has 6 heterocycles. The van der Waals surface area contributed by atoms with Crippen molar-refractivity contribution in [3.8, 4) is 15.4 Å². The number of carbonyl (C=O) groups excluding carboxylic acids is 8. The van der Waals surface area contributed by atoms with Gasteiger partial charge in [0.2, 0.25) is 47.3 Å². The lowest BCUT2D eigenvalue weighted by Gasteiger charge is -2.35. The maximum atomic E-state index is 14.4. The minimum atomic E-state index is -1.43. The van der Waals surface area contributed by atoms with Crippen LogP contribution >= 0.6 is 46.0 Å². The Morgan fingerprint density at radius 2 is 1.58 bits per heavy atom. The van der Waals surface area contributed by atoms with Gasteiger partial charge in [-0.2, -0.15) is 0 Å². The van der Waals surface area contributed by atoms with Crippen molar-refractivity contribution in [1.82, 2.24) is 51.6 Å². The molecular formula is C54H63ClN12O9S3. The zero-order valence-corrected chi connectivity index (χ0v) is 47.8. The zero-order chi connectivity index (χ0) is 57.0. The number of aliphatic hydroxyl groups excluding tert-OH is 1. The smallest absolute Gasteiger partial charge is 0.247 e. The number of aromatic nitrogens is 3. The Kier molecular flexibility index (Phi) is 18.1. The number of aliphatic imine (C=N–C) groups is 1. The Bertz CT molecular complexity index is 3210. The van der Waals surface area contributed by atoms with Crippen LogP contribution < -0.4 is 37.6 Å². The number of carbonyl (C=O) groups is 8. The topological polar surface area (TPSA) is 301 Å². The molecule has 8 amide bonds. The summed E-state index contributed by atoms with van der Waals surface area (Å²) in [5.41, 5.74) is 10.4. The first-order valence-electron chi connectivity index (χ1n) is 25.6. The van der Waals surface area contributed by atoms with Gasteiger partial charge in [0.25, 0.3) is 0 Å². The number of rotatable bonds is 9. The van der Waals surface area contributed by atoms with Crippen LogP contribution in [-0.2, 0) is 38.4 Å². The fraction of sp³-hybridized carbons (Fsp3) is 0.426. The minimum Gasteiger partial charge on any atom is -0.391 e. The van der Waals surface area contributed by atoms with Gasteiger partial charge in [-0.15, -0.1) is 44.6 Å². The van der Waals surface area contributed by atoms with Crippen molar-refractivity contribution in [3.05, 3.63) is 109 Å². The molecule has 0 spiro atoms. The number of fused-ring (bicyclic) bond motifs is 4. The van der Waals surface area contributed by atoms with E-state index in [1.807, 2.05) is 55.8 Å². The van der Waals surface area contributed by atoms with Crippen LogP contribution in [0.1, 0.15) is 96.5 Å². The summed E-state index contributed by atoms with van der Waals surface area (Å²) in [4.78, 5) is 120. The van der Waals surface area contributed by atoms with Gasteiger partial charge in [0, 0.05) is 51.2 Å². The van der Waals surface area contributed by atoms with Crippen molar-refractivity contribution in [2.24, 2.45) is 16.1 Å². The molecule has 7 atom stereocenters. The van der Waals surface area contributed by atoms with E-state index in [1.54, 1.807) is 68.5 Å². The summed E-state index contributed by atoms with van der Waals surface area (Å²) < 4.78 is 1.91. The first kappa shape index (κ1) is 58.2. The number of thiophene rings is 2. The quantitative estimate of drug-likeness (QED) is 0.105. The summed E-state index contributed by atoms with van der Waals surface area (Å²) in [7, 11) is 0. The predicted molar refractivity (Wildman–Crippen MR) is 302 cm³/mol. The van der Waals surface area contributed by atoms with E-state index in [0.717, 1.165) is 54.3 Å². The van der Waals surface area contributed by atoms with Crippen LogP contribution in [0.25, 0.3) is 15.4 Å². The molecule has 0 unspecified atom stereocenters. The molecule has 8 rings (SSSR count). The average Bonchev–Trinajstić information content (AvgIpc) is 4.31. The number of hydrogen-bond acceptors (Lipinski definition) is 15. The Morgan fingerprint density at radius 1 is 0.873 bits per heavy atom. The largest absolute Gasteiger partial charge is 0.391 e. The number of nitrogens with one attached hydrogen (secondary N) is 6. The number of primary amides is 1. The molecule has 0 bridgehead atoms. The van der Waals surface area contributed by atoms with Crippen molar-refractivity contribution >= 4 is 99.0 Å². The maximum absolute atomic E-state index is 14.4. The van der Waals surface area contributed by atoms with E-state index in [2.05, 4.69) is 42.1 Å². The van der Waals surface area contributed by atoms with Gasteiger partial charge in [0.1, 0.15) is 47.1 Å². The standard InChI is InChI=1S/C54H63ClN12O9S3/c1-26-17-19-78-45(26)32-10-8-31(9-11-32)44-51(75)58-22-40(70)59-35(49(73)61-37(47(56)72)24-77-25-41(71)62-46(54(5,6)7)52(76)66-23-34(68)20-38(66)50(74)63-44)16-18-57-39(69)21-36-48-65-64-29(4)67(48)53-42(27(2)28(3)79-53)43(60-36)30-12-14-33(55)15-13-30/h8-15,17,19,34-38,44,46,68H,16,18,20-25H2,1-7H3,(H2,56,72)(H,57,69)(H,58,75)(H,59,70)(H,61,73)(H,62,71)(H,63,74)/t34-,35-,36+,37-,38+,44+,46-/m1/s1. The van der Waals surface area contributed by atoms with Gasteiger partial charge < -0.3 is 47.6 Å². The molecule has 79 heavy (non-hydrogen) atoms. The molecule has 3 aromatic heterocycles. The molecule has 0 saturated carbocycles. The highest BCUT2D eigenvalue weighted by atomic mass is 35.5. The monoisotopic (exact) mass is 1150 g/mol. The SMILES string of the molecule is Cc1ccsc1-c1ccc([C@@H]2NC(=O)[C@@H]3C[C@@H](O)CN3C(=O)[C@H](C(C)(C)C)NC(=O)CSC[C@H](C(N)=O)NC(=O)[C@@H](CCNC(=O)C[C@@H]3N=C(c4ccc(Cl)cc4)c4c(sc(C)c4C)-n4c(C)nnc43)NC(=O)CNC2=O)cc1. The van der Waals surface area contributed by atoms with Crippen LogP contribution in [0.15, 0.2) is 65.0 Å². The summed E-state index contributed by atoms with van der Waals surface area (Å²) in [6.07, 6.45) is -1.68. The van der Waals surface area contributed by atoms with Crippen molar-refractivity contribution in [2.45, 2.75) is 110 Å². The molecular weight excluding hydrogens is 1090 g/mol. The van der Waals surface area contributed by atoms with Gasteiger partial charge in [-0.05, 0) is 85.4 Å². The summed E-state index contributed by atoms with van der Waals surface area (Å²) in [5, 5.41) is 39.2. The van der Waals surface area contributed by atoms with Crippen molar-refractivity contribution in [1.29, 1.82) is 0 Å². The second-order valence-electron chi connectivity index (χ2n) is 20.8. The molecule has 0 aliphatic carbocycles. The summed E-state index contributed by atoms with van der Waals surface area (Å²) >= 11 is 10.3. The highest BCUT2D eigenvalue weighted by molar-refractivity contribution is 8.00. The third kappa shape index (κ3) is 13.4. The fourth-order valence-corrected chi connectivity index (χ4v) is 12.8. The Labute approximate surface area is 473 Å². The van der Waals surface area contributed by atoms with Crippen LogP contribution in [0.3, 0.4) is 0 Å². The fourth-order valence-electron chi connectivity index (χ4n) is 9.61. The lowest BCUT2D eigenvalue weighted by atomic mass is 9.85. The minimum absolute atomic E-state index is 0.166. The van der Waals surface area contributed by atoms with Crippen molar-refractivity contribution in [2.75, 3.05) is 31.1 Å². The van der Waals surface area contributed by atoms with Gasteiger partial charge in [-0.1, -0.05) is 68.8 Å². The molecule has 0 radical (unpaired) electrons. The van der Waals surface area contributed by atoms with E-state index in [1.165, 1.54) is 16.2 Å². The number of halogens is 1. The number of nitrogens with zero attached hydrogens (tertiary/aromatic N) is 5. The lowest BCUT2D eigenvalue weighted by molar-refractivity contribution is -0.144. The molecule has 3 aliphatic rings. The molecule has 25 heteroatoms. The second-order valence-corrected chi connectivity index (χ2v) is 24.4. The molecule has 2 aromatic carbocycles. The van der Waals surface area contributed by atoms with Crippen LogP contribution in [-0.4, -0.2) is 139 Å². The number of aryl methyl sites for hydroxylation is 3. The van der Waals surface area contributed by atoms with E-state index >= 15 is 0 Å². The Hall–Kier alpha value is -6.99. The molecule has 2 saturated heterocycles. The maximum Gasteiger partial charge on any atom is 0.247 e. The first-order chi connectivity index (χ1) is 37.5. The van der Waals surface area contributed by atoms with Gasteiger partial charge >= 0.3 is 0 Å². The molecule has 2 fully saturated rings. The number of hydrogen-bond donors (Lipinski definition) is 8. The third-order valence-corrected chi connectivity index (χ3v) is 17.5. The Morgan fingerprint density at radius 3 is 2.25 bits per heavy atom.